The van der Waals surface area contributed by atoms with Crippen LogP contribution in [0.4, 0.5) is 0 Å². The van der Waals surface area contributed by atoms with E-state index in [9.17, 15) is 4.57 Å². The van der Waals surface area contributed by atoms with Crippen molar-refractivity contribution in [3.8, 4) is 0 Å². The van der Waals surface area contributed by atoms with Crippen LogP contribution in [0.5, 0.6) is 0 Å². The first-order chi connectivity index (χ1) is 10.1. The molecule has 0 heterocycles. The molecule has 2 heteroatoms. The minimum atomic E-state index is -1.55. The summed E-state index contributed by atoms with van der Waals surface area (Å²) < 4.78 is 13.0. The number of hydrogen-bond donors (Lipinski definition) is 0. The fourth-order valence-corrected chi connectivity index (χ4v) is 4.42. The van der Waals surface area contributed by atoms with Crippen LogP contribution in [0, 0.1) is 20.8 Å². The summed E-state index contributed by atoms with van der Waals surface area (Å²) in [6.07, 6.45) is 0. The standard InChI is InChI=1S/C19H18OP/c1-13-10-14(2)19(15(3)11-13)21(20)18-9-8-16-6-4-5-7-17(16)12-18/h4-12H,1-3H3/q+1. The van der Waals surface area contributed by atoms with Crippen molar-refractivity contribution in [1.82, 2.24) is 0 Å². The fourth-order valence-electron chi connectivity index (χ4n) is 2.92. The summed E-state index contributed by atoms with van der Waals surface area (Å²) in [5.74, 6) is 0. The largest absolute Gasteiger partial charge is 0.415 e. The van der Waals surface area contributed by atoms with Crippen LogP contribution in [0.2, 0.25) is 0 Å². The van der Waals surface area contributed by atoms with Gasteiger partial charge in [0.25, 0.3) is 0 Å². The molecule has 0 fully saturated rings. The zero-order chi connectivity index (χ0) is 15.0. The van der Waals surface area contributed by atoms with Crippen molar-refractivity contribution in [2.75, 3.05) is 0 Å². The maximum absolute atomic E-state index is 13.0. The molecule has 0 N–H and O–H groups in total. The Hall–Kier alpha value is -1.98. The Labute approximate surface area is 126 Å². The van der Waals surface area contributed by atoms with Crippen LogP contribution in [0.25, 0.3) is 10.8 Å². The van der Waals surface area contributed by atoms with E-state index in [0.717, 1.165) is 27.1 Å². The molecule has 0 bridgehead atoms. The first-order valence-electron chi connectivity index (χ1n) is 7.10. The lowest BCUT2D eigenvalue weighted by molar-refractivity contribution is 0.598. The van der Waals surface area contributed by atoms with Gasteiger partial charge in [0, 0.05) is 11.1 Å². The molecule has 0 amide bonds. The maximum atomic E-state index is 13.0. The van der Waals surface area contributed by atoms with E-state index in [2.05, 4.69) is 37.3 Å². The Kier molecular flexibility index (Phi) is 3.61. The zero-order valence-electron chi connectivity index (χ0n) is 12.6. The SMILES string of the molecule is Cc1cc(C)c([P+](=O)c2ccc3ccccc3c2)c(C)c1. The summed E-state index contributed by atoms with van der Waals surface area (Å²) in [4.78, 5) is 0. The average molecular weight is 293 g/mol. The van der Waals surface area contributed by atoms with E-state index in [4.69, 9.17) is 0 Å². The van der Waals surface area contributed by atoms with Crippen LogP contribution in [0.1, 0.15) is 16.7 Å². The van der Waals surface area contributed by atoms with Crippen molar-refractivity contribution in [1.29, 1.82) is 0 Å². The van der Waals surface area contributed by atoms with Crippen molar-refractivity contribution in [3.63, 3.8) is 0 Å². The topological polar surface area (TPSA) is 17.1 Å². The number of rotatable bonds is 2. The minimum Gasteiger partial charge on any atom is -0.0616 e. The van der Waals surface area contributed by atoms with Crippen LogP contribution in [-0.4, -0.2) is 0 Å². The summed E-state index contributed by atoms with van der Waals surface area (Å²) in [6.45, 7) is 6.17. The molecule has 1 atom stereocenters. The highest BCUT2D eigenvalue weighted by molar-refractivity contribution is 7.61. The molecule has 0 saturated heterocycles. The summed E-state index contributed by atoms with van der Waals surface area (Å²) in [7, 11) is -1.55. The first kappa shape index (κ1) is 14.0. The van der Waals surface area contributed by atoms with Crippen LogP contribution in [0.3, 0.4) is 0 Å². The van der Waals surface area contributed by atoms with Gasteiger partial charge in [0.1, 0.15) is 0 Å². The highest BCUT2D eigenvalue weighted by Gasteiger charge is 2.28. The van der Waals surface area contributed by atoms with Gasteiger partial charge in [-0.25, -0.2) is 0 Å². The second-order valence-electron chi connectivity index (χ2n) is 5.57. The lowest BCUT2D eigenvalue weighted by Crippen LogP contribution is -2.13. The molecule has 3 aromatic carbocycles. The lowest BCUT2D eigenvalue weighted by Gasteiger charge is -2.03. The molecule has 1 unspecified atom stereocenters. The normalized spacial score (nSPS) is 11.7. The predicted octanol–water partition coefficient (Wildman–Crippen LogP) is 4.54. The second-order valence-corrected chi connectivity index (χ2v) is 7.13. The molecule has 0 aliphatic rings. The van der Waals surface area contributed by atoms with Gasteiger partial charge in [0.15, 0.2) is 5.30 Å². The molecule has 0 radical (unpaired) electrons. The van der Waals surface area contributed by atoms with Crippen molar-refractivity contribution in [3.05, 3.63) is 71.3 Å². The molecular formula is C19H18OP+. The van der Waals surface area contributed by atoms with Gasteiger partial charge in [-0.3, -0.25) is 0 Å². The van der Waals surface area contributed by atoms with Crippen LogP contribution in [-0.2, 0) is 4.57 Å². The van der Waals surface area contributed by atoms with Crippen molar-refractivity contribution in [2.45, 2.75) is 20.8 Å². The lowest BCUT2D eigenvalue weighted by atomic mass is 10.1. The third-order valence-corrected chi connectivity index (χ3v) is 5.66. The minimum absolute atomic E-state index is 0.902. The van der Waals surface area contributed by atoms with E-state index in [1.54, 1.807) is 0 Å². The van der Waals surface area contributed by atoms with E-state index >= 15 is 0 Å². The van der Waals surface area contributed by atoms with E-state index in [0.29, 0.717) is 0 Å². The third kappa shape index (κ3) is 2.62. The Bertz CT molecular complexity index is 826. The van der Waals surface area contributed by atoms with Gasteiger partial charge in [-0.2, -0.15) is 0 Å². The number of aryl methyl sites for hydroxylation is 3. The summed E-state index contributed by atoms with van der Waals surface area (Å²) in [6, 6.07) is 18.5. The smallest absolute Gasteiger partial charge is 0.0616 e. The second kappa shape index (κ2) is 5.42. The van der Waals surface area contributed by atoms with Crippen LogP contribution < -0.4 is 10.6 Å². The van der Waals surface area contributed by atoms with Crippen molar-refractivity contribution < 1.29 is 4.57 Å². The molecule has 21 heavy (non-hydrogen) atoms. The molecule has 0 spiro atoms. The van der Waals surface area contributed by atoms with E-state index < -0.39 is 7.80 Å². The van der Waals surface area contributed by atoms with Gasteiger partial charge in [-0.15, -0.1) is 0 Å². The Morgan fingerprint density at radius 3 is 2.05 bits per heavy atom. The highest BCUT2D eigenvalue weighted by Crippen LogP contribution is 2.26. The third-order valence-electron chi connectivity index (χ3n) is 3.81. The number of hydrogen-bond acceptors (Lipinski definition) is 1. The van der Waals surface area contributed by atoms with Gasteiger partial charge in [-0.1, -0.05) is 46.5 Å². The summed E-state index contributed by atoms with van der Waals surface area (Å²) in [5.41, 5.74) is 3.44. The molecule has 0 aliphatic carbocycles. The van der Waals surface area contributed by atoms with Crippen molar-refractivity contribution >= 4 is 29.2 Å². The molecule has 3 aromatic rings. The van der Waals surface area contributed by atoms with Gasteiger partial charge < -0.3 is 0 Å². The summed E-state index contributed by atoms with van der Waals surface area (Å²) in [5, 5.41) is 4.20. The molecule has 0 saturated carbocycles. The highest BCUT2D eigenvalue weighted by atomic mass is 31.1. The molecule has 3 rings (SSSR count). The van der Waals surface area contributed by atoms with Crippen LogP contribution in [0.15, 0.2) is 54.6 Å². The van der Waals surface area contributed by atoms with Gasteiger partial charge in [0.05, 0.1) is 0 Å². The summed E-state index contributed by atoms with van der Waals surface area (Å²) >= 11 is 0. The molecule has 0 aromatic heterocycles. The fraction of sp³-hybridized carbons (Fsp3) is 0.158. The maximum Gasteiger partial charge on any atom is 0.415 e. The first-order valence-corrected chi connectivity index (χ1v) is 8.36. The number of fused-ring (bicyclic) bond motifs is 1. The van der Waals surface area contributed by atoms with E-state index in [-0.39, 0.29) is 0 Å². The number of benzene rings is 3. The molecule has 1 nitrogen and oxygen atoms in total. The van der Waals surface area contributed by atoms with E-state index in [1.165, 1.54) is 10.9 Å². The zero-order valence-corrected chi connectivity index (χ0v) is 13.4. The van der Waals surface area contributed by atoms with Crippen LogP contribution >= 0.6 is 7.80 Å². The Morgan fingerprint density at radius 2 is 1.38 bits per heavy atom. The average Bonchev–Trinajstić information content (AvgIpc) is 2.45. The van der Waals surface area contributed by atoms with Gasteiger partial charge in [0.2, 0.25) is 5.30 Å². The Morgan fingerprint density at radius 1 is 0.762 bits per heavy atom. The van der Waals surface area contributed by atoms with E-state index in [1.807, 2.05) is 38.1 Å². The quantitative estimate of drug-likeness (QED) is 0.634. The molecule has 104 valence electrons. The van der Waals surface area contributed by atoms with Gasteiger partial charge >= 0.3 is 7.80 Å². The predicted molar refractivity (Wildman–Crippen MR) is 91.5 cm³/mol. The molecule has 0 aliphatic heterocycles. The van der Waals surface area contributed by atoms with Gasteiger partial charge in [-0.05, 0) is 49.7 Å². The molecular weight excluding hydrogens is 275 g/mol. The monoisotopic (exact) mass is 293 g/mol. The van der Waals surface area contributed by atoms with Crippen molar-refractivity contribution in [2.24, 2.45) is 0 Å². The Balaban J connectivity index is 2.12.